The number of halogens is 2. The molecular weight excluding hydrogens is 359 g/mol. The molecule has 4 nitrogen and oxygen atoms in total. The van der Waals surface area contributed by atoms with E-state index in [0.717, 1.165) is 5.56 Å². The van der Waals surface area contributed by atoms with Gasteiger partial charge in [-0.25, -0.2) is 0 Å². The van der Waals surface area contributed by atoms with Crippen LogP contribution in [0.25, 0.3) is 0 Å². The standard InChI is InChI=1S/C19H18Cl2N2O2/c1-19(2,14-7-8-15(20)16(21)9-14)12-23-18(24)11-25-17-6-4-3-5-13(17)10-22/h3-9H,11-12H2,1-2H3,(H,23,24). The van der Waals surface area contributed by atoms with Gasteiger partial charge in [-0.2, -0.15) is 5.26 Å². The first-order valence-electron chi connectivity index (χ1n) is 7.67. The molecule has 1 amide bonds. The Kier molecular flexibility index (Phi) is 6.30. The van der Waals surface area contributed by atoms with E-state index in [-0.39, 0.29) is 17.9 Å². The molecule has 0 bridgehead atoms. The second-order valence-corrected chi connectivity index (χ2v) is 7.00. The minimum Gasteiger partial charge on any atom is -0.482 e. The quantitative estimate of drug-likeness (QED) is 0.815. The Hall–Kier alpha value is -2.22. The Morgan fingerprint density at radius 1 is 1.20 bits per heavy atom. The van der Waals surface area contributed by atoms with E-state index in [4.69, 9.17) is 33.2 Å². The molecular formula is C19H18Cl2N2O2. The Morgan fingerprint density at radius 2 is 1.92 bits per heavy atom. The molecule has 0 saturated heterocycles. The van der Waals surface area contributed by atoms with Gasteiger partial charge >= 0.3 is 0 Å². The van der Waals surface area contributed by atoms with Crippen molar-refractivity contribution in [3.05, 3.63) is 63.6 Å². The predicted octanol–water partition coefficient (Wildman–Crippen LogP) is 4.34. The summed E-state index contributed by atoms with van der Waals surface area (Å²) >= 11 is 12.0. The van der Waals surface area contributed by atoms with Crippen molar-refractivity contribution in [1.29, 1.82) is 5.26 Å². The third kappa shape index (κ3) is 5.12. The smallest absolute Gasteiger partial charge is 0.257 e. The maximum Gasteiger partial charge on any atom is 0.257 e. The number of nitriles is 1. The summed E-state index contributed by atoms with van der Waals surface area (Å²) < 4.78 is 5.42. The van der Waals surface area contributed by atoms with Gasteiger partial charge < -0.3 is 10.1 Å². The van der Waals surface area contributed by atoms with Gasteiger partial charge in [0, 0.05) is 12.0 Å². The van der Waals surface area contributed by atoms with E-state index >= 15 is 0 Å². The Balaban J connectivity index is 1.92. The molecule has 0 heterocycles. The largest absolute Gasteiger partial charge is 0.482 e. The fraction of sp³-hybridized carbons (Fsp3) is 0.263. The average Bonchev–Trinajstić information content (AvgIpc) is 2.60. The van der Waals surface area contributed by atoms with Crippen molar-refractivity contribution in [3.8, 4) is 11.8 Å². The van der Waals surface area contributed by atoms with E-state index < -0.39 is 0 Å². The molecule has 2 aromatic rings. The summed E-state index contributed by atoms with van der Waals surface area (Å²) in [7, 11) is 0. The van der Waals surface area contributed by atoms with E-state index in [1.165, 1.54) is 0 Å². The second-order valence-electron chi connectivity index (χ2n) is 6.19. The molecule has 1 N–H and O–H groups in total. The lowest BCUT2D eigenvalue weighted by Crippen LogP contribution is -2.39. The summed E-state index contributed by atoms with van der Waals surface area (Å²) in [4.78, 5) is 12.0. The third-order valence-electron chi connectivity index (χ3n) is 3.79. The van der Waals surface area contributed by atoms with Crippen LogP contribution in [0.3, 0.4) is 0 Å². The van der Waals surface area contributed by atoms with Crippen LogP contribution in [-0.4, -0.2) is 19.1 Å². The number of carbonyl (C=O) groups is 1. The van der Waals surface area contributed by atoms with Gasteiger partial charge in [0.1, 0.15) is 11.8 Å². The molecule has 0 atom stereocenters. The van der Waals surface area contributed by atoms with E-state index in [0.29, 0.717) is 27.9 Å². The predicted molar refractivity (Wildman–Crippen MR) is 99.1 cm³/mol. The molecule has 0 fully saturated rings. The number of hydrogen-bond acceptors (Lipinski definition) is 3. The van der Waals surface area contributed by atoms with Crippen molar-refractivity contribution >= 4 is 29.1 Å². The SMILES string of the molecule is CC(C)(CNC(=O)COc1ccccc1C#N)c1ccc(Cl)c(Cl)c1. The van der Waals surface area contributed by atoms with E-state index in [1.54, 1.807) is 36.4 Å². The van der Waals surface area contributed by atoms with Crippen LogP contribution in [0.1, 0.15) is 25.0 Å². The molecule has 0 aliphatic heterocycles. The number of nitrogens with zero attached hydrogens (tertiary/aromatic N) is 1. The molecule has 0 saturated carbocycles. The number of amides is 1. The molecule has 6 heteroatoms. The molecule has 0 aliphatic carbocycles. The third-order valence-corrected chi connectivity index (χ3v) is 4.53. The van der Waals surface area contributed by atoms with Crippen LogP contribution in [-0.2, 0) is 10.2 Å². The zero-order chi connectivity index (χ0) is 18.4. The normalized spacial score (nSPS) is 10.8. The molecule has 0 aliphatic rings. The number of carbonyl (C=O) groups excluding carboxylic acids is 1. The topological polar surface area (TPSA) is 62.1 Å². The Morgan fingerprint density at radius 3 is 2.60 bits per heavy atom. The maximum atomic E-state index is 12.0. The van der Waals surface area contributed by atoms with Crippen molar-refractivity contribution in [1.82, 2.24) is 5.32 Å². The molecule has 0 aromatic heterocycles. The molecule has 0 spiro atoms. The van der Waals surface area contributed by atoms with Gasteiger partial charge in [0.15, 0.2) is 6.61 Å². The fourth-order valence-electron chi connectivity index (χ4n) is 2.22. The molecule has 130 valence electrons. The van der Waals surface area contributed by atoms with Crippen LogP contribution in [0.5, 0.6) is 5.75 Å². The minimum absolute atomic E-state index is 0.157. The van der Waals surface area contributed by atoms with Crippen LogP contribution in [0.15, 0.2) is 42.5 Å². The number of benzene rings is 2. The van der Waals surface area contributed by atoms with E-state index in [1.807, 2.05) is 26.0 Å². The van der Waals surface area contributed by atoms with Crippen LogP contribution >= 0.6 is 23.2 Å². The van der Waals surface area contributed by atoms with Gasteiger partial charge in [-0.15, -0.1) is 0 Å². The lowest BCUT2D eigenvalue weighted by Gasteiger charge is -2.26. The summed E-state index contributed by atoms with van der Waals surface area (Å²) in [5.74, 6) is 0.129. The highest BCUT2D eigenvalue weighted by Crippen LogP contribution is 2.29. The summed E-state index contributed by atoms with van der Waals surface area (Å²) in [5.41, 5.74) is 1.04. The van der Waals surface area contributed by atoms with Crippen LogP contribution < -0.4 is 10.1 Å². The maximum absolute atomic E-state index is 12.0. The number of para-hydroxylation sites is 1. The first kappa shape index (κ1) is 19.1. The lowest BCUT2D eigenvalue weighted by molar-refractivity contribution is -0.123. The summed E-state index contributed by atoms with van der Waals surface area (Å²) in [5, 5.41) is 12.8. The number of hydrogen-bond donors (Lipinski definition) is 1. The highest BCUT2D eigenvalue weighted by atomic mass is 35.5. The summed E-state index contributed by atoms with van der Waals surface area (Å²) in [6, 6.07) is 14.2. The van der Waals surface area contributed by atoms with Crippen molar-refractivity contribution in [2.45, 2.75) is 19.3 Å². The minimum atomic E-state index is -0.325. The van der Waals surface area contributed by atoms with E-state index in [2.05, 4.69) is 5.32 Å². The summed E-state index contributed by atoms with van der Waals surface area (Å²) in [6.45, 7) is 4.25. The number of ether oxygens (including phenoxy) is 1. The highest BCUT2D eigenvalue weighted by Gasteiger charge is 2.22. The first-order chi connectivity index (χ1) is 11.8. The first-order valence-corrected chi connectivity index (χ1v) is 8.43. The number of nitrogens with one attached hydrogen (secondary N) is 1. The Bertz CT molecular complexity index is 813. The molecule has 0 unspecified atom stereocenters. The molecule has 0 radical (unpaired) electrons. The zero-order valence-corrected chi connectivity index (χ0v) is 15.5. The molecule has 2 aromatic carbocycles. The van der Waals surface area contributed by atoms with Gasteiger partial charge in [0.2, 0.25) is 0 Å². The average molecular weight is 377 g/mol. The Labute approximate surface area is 157 Å². The van der Waals surface area contributed by atoms with Gasteiger partial charge in [0.05, 0.1) is 15.6 Å². The highest BCUT2D eigenvalue weighted by molar-refractivity contribution is 6.42. The van der Waals surface area contributed by atoms with Crippen LogP contribution in [0.4, 0.5) is 0 Å². The van der Waals surface area contributed by atoms with Crippen molar-refractivity contribution in [2.75, 3.05) is 13.2 Å². The lowest BCUT2D eigenvalue weighted by atomic mass is 9.84. The van der Waals surface area contributed by atoms with E-state index in [9.17, 15) is 4.79 Å². The van der Waals surface area contributed by atoms with Crippen molar-refractivity contribution in [2.24, 2.45) is 0 Å². The monoisotopic (exact) mass is 376 g/mol. The second kappa shape index (κ2) is 8.24. The van der Waals surface area contributed by atoms with Gasteiger partial charge in [-0.3, -0.25) is 4.79 Å². The van der Waals surface area contributed by atoms with Gasteiger partial charge in [-0.1, -0.05) is 55.2 Å². The number of rotatable bonds is 6. The van der Waals surface area contributed by atoms with Crippen molar-refractivity contribution in [3.63, 3.8) is 0 Å². The van der Waals surface area contributed by atoms with Crippen molar-refractivity contribution < 1.29 is 9.53 Å². The molecule has 25 heavy (non-hydrogen) atoms. The van der Waals surface area contributed by atoms with Crippen LogP contribution in [0.2, 0.25) is 10.0 Å². The summed E-state index contributed by atoms with van der Waals surface area (Å²) in [6.07, 6.45) is 0. The van der Waals surface area contributed by atoms with Gasteiger partial charge in [-0.05, 0) is 29.8 Å². The fourth-order valence-corrected chi connectivity index (χ4v) is 2.52. The van der Waals surface area contributed by atoms with Gasteiger partial charge in [0.25, 0.3) is 5.91 Å². The molecule has 2 rings (SSSR count). The zero-order valence-electron chi connectivity index (χ0n) is 14.0. The van der Waals surface area contributed by atoms with Crippen LogP contribution in [0, 0.1) is 11.3 Å².